The second kappa shape index (κ2) is 7.73. The quantitative estimate of drug-likeness (QED) is 0.840. The van der Waals surface area contributed by atoms with Crippen LogP contribution in [0.15, 0.2) is 48.7 Å². The van der Waals surface area contributed by atoms with Crippen LogP contribution in [0.1, 0.15) is 13.8 Å². The maximum Gasteiger partial charge on any atom is 0.239 e. The molecule has 142 valence electrons. The first-order chi connectivity index (χ1) is 12.9. The van der Waals surface area contributed by atoms with E-state index in [1.165, 1.54) is 12.1 Å². The second-order valence-corrected chi connectivity index (χ2v) is 7.03. The fraction of sp³-hybridized carbons (Fsp3) is 0.350. The lowest BCUT2D eigenvalue weighted by Crippen LogP contribution is -2.54. The van der Waals surface area contributed by atoms with Gasteiger partial charge in [-0.2, -0.15) is 0 Å². The highest BCUT2D eigenvalue weighted by Gasteiger charge is 2.40. The van der Waals surface area contributed by atoms with Gasteiger partial charge >= 0.3 is 0 Å². The first kappa shape index (κ1) is 18.8. The lowest BCUT2D eigenvalue weighted by atomic mass is 9.89. The number of halogens is 1. The van der Waals surface area contributed by atoms with Gasteiger partial charge in [-0.25, -0.2) is 9.37 Å². The number of anilines is 2. The number of carbonyl (C=O) groups is 2. The van der Waals surface area contributed by atoms with Crippen molar-refractivity contribution in [1.29, 1.82) is 0 Å². The number of pyridine rings is 1. The van der Waals surface area contributed by atoms with Crippen molar-refractivity contribution in [3.8, 4) is 0 Å². The van der Waals surface area contributed by atoms with Crippen molar-refractivity contribution in [2.75, 3.05) is 36.4 Å². The molecule has 27 heavy (non-hydrogen) atoms. The molecule has 0 atom stereocenters. The summed E-state index contributed by atoms with van der Waals surface area (Å²) < 4.78 is 13.8. The molecule has 1 N–H and O–H groups in total. The molecule has 2 amide bonds. The number of nitrogens with zero attached hydrogens (tertiary/aromatic N) is 3. The van der Waals surface area contributed by atoms with Gasteiger partial charge in [0.1, 0.15) is 17.1 Å². The van der Waals surface area contributed by atoms with Gasteiger partial charge < -0.3 is 15.1 Å². The lowest BCUT2D eigenvalue weighted by molar-refractivity contribution is -0.146. The van der Waals surface area contributed by atoms with Crippen LogP contribution in [-0.2, 0) is 9.59 Å². The first-order valence-electron chi connectivity index (χ1n) is 8.91. The number of hydrogen-bond donors (Lipinski definition) is 1. The Labute approximate surface area is 158 Å². The van der Waals surface area contributed by atoms with Crippen LogP contribution in [0.25, 0.3) is 0 Å². The van der Waals surface area contributed by atoms with Crippen molar-refractivity contribution in [2.45, 2.75) is 13.8 Å². The van der Waals surface area contributed by atoms with Crippen molar-refractivity contribution in [2.24, 2.45) is 5.41 Å². The molecule has 1 aliphatic heterocycles. The average Bonchev–Trinajstić information content (AvgIpc) is 2.70. The fourth-order valence-corrected chi connectivity index (χ4v) is 3.01. The van der Waals surface area contributed by atoms with Crippen LogP contribution in [0.5, 0.6) is 0 Å². The zero-order valence-corrected chi connectivity index (χ0v) is 15.5. The van der Waals surface area contributed by atoms with Gasteiger partial charge in [-0.15, -0.1) is 0 Å². The Morgan fingerprint density at radius 3 is 2.33 bits per heavy atom. The maximum atomic E-state index is 13.8. The summed E-state index contributed by atoms with van der Waals surface area (Å²) in [5.41, 5.74) is -1.22. The molecule has 0 bridgehead atoms. The Hall–Kier alpha value is -2.96. The summed E-state index contributed by atoms with van der Waals surface area (Å²) >= 11 is 0. The molecule has 6 nitrogen and oxygen atoms in total. The zero-order valence-electron chi connectivity index (χ0n) is 15.5. The summed E-state index contributed by atoms with van der Waals surface area (Å²) in [6.07, 6.45) is 1.74. The highest BCUT2D eigenvalue weighted by Crippen LogP contribution is 2.24. The van der Waals surface area contributed by atoms with E-state index in [1.54, 1.807) is 37.1 Å². The maximum absolute atomic E-state index is 13.8. The Bertz CT molecular complexity index is 818. The van der Waals surface area contributed by atoms with E-state index in [0.717, 1.165) is 5.82 Å². The standard InChI is InChI=1S/C20H23FN4O2/c1-20(2,18(26)23-16-8-4-3-7-15(16)21)19(27)25-13-11-24(12-14-25)17-9-5-6-10-22-17/h3-10H,11-14H2,1-2H3,(H,23,26). The molecule has 2 heterocycles. The van der Waals surface area contributed by atoms with E-state index in [2.05, 4.69) is 15.2 Å². The SMILES string of the molecule is CC(C)(C(=O)Nc1ccccc1F)C(=O)N1CCN(c2ccccn2)CC1. The first-order valence-corrected chi connectivity index (χ1v) is 8.91. The average molecular weight is 370 g/mol. The van der Waals surface area contributed by atoms with Gasteiger partial charge in [0.25, 0.3) is 0 Å². The van der Waals surface area contributed by atoms with E-state index < -0.39 is 17.1 Å². The molecule has 1 saturated heterocycles. The Morgan fingerprint density at radius 2 is 1.70 bits per heavy atom. The van der Waals surface area contributed by atoms with Crippen molar-refractivity contribution >= 4 is 23.3 Å². The van der Waals surface area contributed by atoms with Crippen LogP contribution in [0.2, 0.25) is 0 Å². The molecule has 7 heteroatoms. The van der Waals surface area contributed by atoms with Gasteiger partial charge in [0.15, 0.2) is 0 Å². The zero-order chi connectivity index (χ0) is 19.4. The number of piperazine rings is 1. The predicted molar refractivity (Wildman–Crippen MR) is 102 cm³/mol. The molecule has 0 radical (unpaired) electrons. The van der Waals surface area contributed by atoms with Gasteiger partial charge in [-0.1, -0.05) is 18.2 Å². The Kier molecular flexibility index (Phi) is 5.39. The monoisotopic (exact) mass is 370 g/mol. The Balaban J connectivity index is 1.62. The molecular formula is C20H23FN4O2. The van der Waals surface area contributed by atoms with E-state index in [-0.39, 0.29) is 11.6 Å². The normalized spacial score (nSPS) is 14.8. The molecule has 0 aliphatic carbocycles. The van der Waals surface area contributed by atoms with E-state index in [9.17, 15) is 14.0 Å². The molecule has 3 rings (SSSR count). The van der Waals surface area contributed by atoms with Crippen LogP contribution >= 0.6 is 0 Å². The van der Waals surface area contributed by atoms with E-state index >= 15 is 0 Å². The van der Waals surface area contributed by atoms with Crippen molar-refractivity contribution in [3.63, 3.8) is 0 Å². The van der Waals surface area contributed by atoms with Crippen LogP contribution in [0, 0.1) is 11.2 Å². The molecule has 1 fully saturated rings. The summed E-state index contributed by atoms with van der Waals surface area (Å²) in [7, 11) is 0. The summed E-state index contributed by atoms with van der Waals surface area (Å²) in [6.45, 7) is 5.44. The Morgan fingerprint density at radius 1 is 1.04 bits per heavy atom. The second-order valence-electron chi connectivity index (χ2n) is 7.03. The number of benzene rings is 1. The highest BCUT2D eigenvalue weighted by atomic mass is 19.1. The fourth-order valence-electron chi connectivity index (χ4n) is 3.01. The van der Waals surface area contributed by atoms with Crippen LogP contribution in [-0.4, -0.2) is 47.9 Å². The number of hydrogen-bond acceptors (Lipinski definition) is 4. The minimum absolute atomic E-state index is 0.0725. The largest absolute Gasteiger partial charge is 0.353 e. The summed E-state index contributed by atoms with van der Waals surface area (Å²) in [5.74, 6) is -0.444. The van der Waals surface area contributed by atoms with Crippen molar-refractivity contribution < 1.29 is 14.0 Å². The predicted octanol–water partition coefficient (Wildman–Crippen LogP) is 2.53. The van der Waals surface area contributed by atoms with Gasteiger partial charge in [0.05, 0.1) is 5.69 Å². The summed E-state index contributed by atoms with van der Waals surface area (Å²) in [6, 6.07) is 11.6. The molecule has 0 spiro atoms. The minimum atomic E-state index is -1.30. The molecule has 2 aromatic rings. The smallest absolute Gasteiger partial charge is 0.239 e. The van der Waals surface area contributed by atoms with E-state index in [4.69, 9.17) is 0 Å². The lowest BCUT2D eigenvalue weighted by Gasteiger charge is -2.38. The molecular weight excluding hydrogens is 347 g/mol. The van der Waals surface area contributed by atoms with E-state index in [0.29, 0.717) is 26.2 Å². The number of amides is 2. The third kappa shape index (κ3) is 4.07. The number of para-hydroxylation sites is 1. The highest BCUT2D eigenvalue weighted by molar-refractivity contribution is 6.09. The van der Waals surface area contributed by atoms with Gasteiger partial charge in [-0.3, -0.25) is 9.59 Å². The number of carbonyl (C=O) groups excluding carboxylic acids is 2. The molecule has 1 aromatic carbocycles. The van der Waals surface area contributed by atoms with Crippen LogP contribution < -0.4 is 10.2 Å². The number of aromatic nitrogens is 1. The molecule has 1 aromatic heterocycles. The van der Waals surface area contributed by atoms with Gasteiger partial charge in [0.2, 0.25) is 11.8 Å². The van der Waals surface area contributed by atoms with Crippen molar-refractivity contribution in [3.05, 3.63) is 54.5 Å². The summed E-state index contributed by atoms with van der Waals surface area (Å²) in [5, 5.41) is 2.52. The van der Waals surface area contributed by atoms with Crippen LogP contribution in [0.3, 0.4) is 0 Å². The van der Waals surface area contributed by atoms with E-state index in [1.807, 2.05) is 18.2 Å². The summed E-state index contributed by atoms with van der Waals surface area (Å²) in [4.78, 5) is 33.6. The van der Waals surface area contributed by atoms with Crippen molar-refractivity contribution in [1.82, 2.24) is 9.88 Å². The third-order valence-corrected chi connectivity index (χ3v) is 4.76. The number of nitrogens with one attached hydrogen (secondary N) is 1. The molecule has 0 saturated carbocycles. The minimum Gasteiger partial charge on any atom is -0.353 e. The molecule has 1 aliphatic rings. The molecule has 0 unspecified atom stereocenters. The van der Waals surface area contributed by atoms with Gasteiger partial charge in [0, 0.05) is 32.4 Å². The topological polar surface area (TPSA) is 65.5 Å². The van der Waals surface area contributed by atoms with Gasteiger partial charge in [-0.05, 0) is 38.1 Å². The third-order valence-electron chi connectivity index (χ3n) is 4.76. The van der Waals surface area contributed by atoms with Crippen LogP contribution in [0.4, 0.5) is 15.9 Å². The number of rotatable bonds is 4.